The number of aliphatic imine (C=N–C) groups is 1. The average molecular weight is 554 g/mol. The maximum Gasteiger partial charge on any atom is 0.416 e. The van der Waals surface area contributed by atoms with Gasteiger partial charge in [0.1, 0.15) is 0 Å². The number of hydrogen-bond donors (Lipinski definition) is 1. The first-order valence-electron chi connectivity index (χ1n) is 11.7. The fraction of sp³-hybridized carbons (Fsp3) is 0.320. The number of rotatable bonds is 3. The zero-order valence-electron chi connectivity index (χ0n) is 19.7. The highest BCUT2D eigenvalue weighted by atomic mass is 32.2. The van der Waals surface area contributed by atoms with E-state index >= 15 is 0 Å². The van der Waals surface area contributed by atoms with Crippen molar-refractivity contribution >= 4 is 39.8 Å². The van der Waals surface area contributed by atoms with E-state index in [1.54, 1.807) is 24.3 Å². The van der Waals surface area contributed by atoms with Crippen LogP contribution in [0.1, 0.15) is 28.7 Å². The summed E-state index contributed by atoms with van der Waals surface area (Å²) in [6.07, 6.45) is -5.74. The first kappa shape index (κ1) is 26.3. The highest BCUT2D eigenvalue weighted by molar-refractivity contribution is 8.18. The Labute approximate surface area is 217 Å². The molecule has 0 unspecified atom stereocenters. The molecule has 13 heteroatoms. The molecular weight excluding hydrogens is 532 g/mol. The van der Waals surface area contributed by atoms with Gasteiger partial charge in [-0.05, 0) is 66.2 Å². The van der Waals surface area contributed by atoms with Crippen molar-refractivity contribution in [2.75, 3.05) is 26.2 Å². The van der Waals surface area contributed by atoms with Crippen LogP contribution in [0.25, 0.3) is 17.0 Å². The quantitative estimate of drug-likeness (QED) is 0.348. The third-order valence-electron chi connectivity index (χ3n) is 6.25. The topological polar surface area (TPSA) is 62.5 Å². The van der Waals surface area contributed by atoms with E-state index in [9.17, 15) is 31.1 Å². The van der Waals surface area contributed by atoms with Gasteiger partial charge in [-0.25, -0.2) is 0 Å². The SMILES string of the molecule is O=C1N=C(N2CCCNCC2)S/C1=C\c1ccc2c(cnn2Cc2ccc(C(F)(F)F)cc2C(F)(F)F)c1. The van der Waals surface area contributed by atoms with Gasteiger partial charge in [-0.3, -0.25) is 9.48 Å². The maximum absolute atomic E-state index is 13.6. The van der Waals surface area contributed by atoms with Crippen LogP contribution in [0.15, 0.2) is 52.5 Å². The molecule has 0 aliphatic carbocycles. The Morgan fingerprint density at radius 3 is 2.58 bits per heavy atom. The highest BCUT2D eigenvalue weighted by Gasteiger charge is 2.38. The monoisotopic (exact) mass is 553 g/mol. The molecule has 200 valence electrons. The molecule has 0 spiro atoms. The second-order valence-electron chi connectivity index (χ2n) is 8.89. The normalized spacial score (nSPS) is 18.4. The van der Waals surface area contributed by atoms with E-state index in [1.165, 1.54) is 22.6 Å². The summed E-state index contributed by atoms with van der Waals surface area (Å²) in [5.74, 6) is -0.333. The third kappa shape index (κ3) is 5.58. The van der Waals surface area contributed by atoms with Gasteiger partial charge in [-0.1, -0.05) is 12.1 Å². The van der Waals surface area contributed by atoms with E-state index in [1.807, 2.05) is 0 Å². The summed E-state index contributed by atoms with van der Waals surface area (Å²) < 4.78 is 80.9. The second-order valence-corrected chi connectivity index (χ2v) is 9.90. The number of thioether (sulfide) groups is 1. The van der Waals surface area contributed by atoms with Crippen LogP contribution in [0.2, 0.25) is 0 Å². The number of fused-ring (bicyclic) bond motifs is 1. The number of nitrogens with one attached hydrogen (secondary N) is 1. The van der Waals surface area contributed by atoms with Crippen molar-refractivity contribution in [1.82, 2.24) is 20.0 Å². The number of amides is 1. The van der Waals surface area contributed by atoms with Gasteiger partial charge in [0.15, 0.2) is 5.17 Å². The summed E-state index contributed by atoms with van der Waals surface area (Å²) in [4.78, 5) is 19.2. The standard InChI is InChI=1S/C25H21F6N5OS/c26-24(27,28)18-4-3-16(19(12-18)25(29,30)31)14-36-20-5-2-15(10-17(20)13-33-36)11-21-22(37)34-23(38-21)35-8-1-6-32-7-9-35/h2-5,10-13,32H,1,6-9,14H2/b21-11-. The van der Waals surface area contributed by atoms with Gasteiger partial charge < -0.3 is 10.2 Å². The Kier molecular flexibility index (Phi) is 6.99. The number of benzene rings is 2. The molecule has 5 rings (SSSR count). The molecule has 1 saturated heterocycles. The van der Waals surface area contributed by atoms with Crippen LogP contribution in [0.3, 0.4) is 0 Å². The number of hydrogen-bond acceptors (Lipinski definition) is 5. The second kappa shape index (κ2) is 10.1. The minimum Gasteiger partial charge on any atom is -0.349 e. The van der Waals surface area contributed by atoms with Crippen molar-refractivity contribution in [2.45, 2.75) is 25.3 Å². The van der Waals surface area contributed by atoms with E-state index < -0.39 is 23.5 Å². The van der Waals surface area contributed by atoms with Crippen LogP contribution in [0.4, 0.5) is 26.3 Å². The fourth-order valence-corrected chi connectivity index (χ4v) is 5.32. The van der Waals surface area contributed by atoms with Gasteiger partial charge >= 0.3 is 12.4 Å². The third-order valence-corrected chi connectivity index (χ3v) is 7.29. The van der Waals surface area contributed by atoms with Gasteiger partial charge in [0.05, 0.1) is 34.3 Å². The molecule has 6 nitrogen and oxygen atoms in total. The summed E-state index contributed by atoms with van der Waals surface area (Å²) in [7, 11) is 0. The molecule has 0 atom stereocenters. The van der Waals surface area contributed by atoms with Crippen LogP contribution in [-0.4, -0.2) is 51.9 Å². The minimum atomic E-state index is -4.96. The van der Waals surface area contributed by atoms with Crippen molar-refractivity contribution in [3.8, 4) is 0 Å². The lowest BCUT2D eigenvalue weighted by molar-refractivity contribution is -0.143. The first-order valence-corrected chi connectivity index (χ1v) is 12.5. The van der Waals surface area contributed by atoms with E-state index in [0.29, 0.717) is 32.6 Å². The molecule has 1 aromatic heterocycles. The molecule has 0 saturated carbocycles. The first-order chi connectivity index (χ1) is 18.0. The lowest BCUT2D eigenvalue weighted by atomic mass is 10.0. The molecule has 2 aromatic carbocycles. The van der Waals surface area contributed by atoms with Gasteiger partial charge in [-0.15, -0.1) is 0 Å². The Morgan fingerprint density at radius 2 is 1.82 bits per heavy atom. The molecule has 1 fully saturated rings. The smallest absolute Gasteiger partial charge is 0.349 e. The van der Waals surface area contributed by atoms with Gasteiger partial charge in [-0.2, -0.15) is 36.4 Å². The molecule has 2 aliphatic rings. The molecule has 1 N–H and O–H groups in total. The van der Waals surface area contributed by atoms with Gasteiger partial charge in [0, 0.05) is 25.0 Å². The van der Waals surface area contributed by atoms with E-state index in [4.69, 9.17) is 0 Å². The zero-order valence-corrected chi connectivity index (χ0v) is 20.6. The molecule has 3 heterocycles. The van der Waals surface area contributed by atoms with E-state index in [-0.39, 0.29) is 24.1 Å². The number of amidine groups is 1. The molecule has 1 amide bonds. The highest BCUT2D eigenvalue weighted by Crippen LogP contribution is 2.38. The summed E-state index contributed by atoms with van der Waals surface area (Å²) in [6.45, 7) is 2.92. The maximum atomic E-state index is 13.6. The molecule has 0 radical (unpaired) electrons. The molecule has 3 aromatic rings. The van der Waals surface area contributed by atoms with E-state index in [2.05, 4.69) is 20.3 Å². The van der Waals surface area contributed by atoms with Crippen LogP contribution in [0, 0.1) is 0 Å². The predicted octanol–water partition coefficient (Wildman–Crippen LogP) is 5.39. The number of halogens is 6. The van der Waals surface area contributed by atoms with Crippen LogP contribution >= 0.6 is 11.8 Å². The van der Waals surface area contributed by atoms with Crippen LogP contribution < -0.4 is 5.32 Å². The summed E-state index contributed by atoms with van der Waals surface area (Å²) >= 11 is 1.30. The fourth-order valence-electron chi connectivity index (χ4n) is 4.36. The number of carbonyl (C=O) groups excluding carboxylic acids is 1. The molecule has 0 bridgehead atoms. The summed E-state index contributed by atoms with van der Waals surface area (Å²) in [6, 6.07) is 6.68. The van der Waals surface area contributed by atoms with Crippen molar-refractivity contribution in [3.63, 3.8) is 0 Å². The van der Waals surface area contributed by atoms with Gasteiger partial charge in [0.2, 0.25) is 0 Å². The minimum absolute atomic E-state index is 0.125. The van der Waals surface area contributed by atoms with E-state index in [0.717, 1.165) is 38.7 Å². The number of carbonyl (C=O) groups is 1. The van der Waals surface area contributed by atoms with Crippen LogP contribution in [0.5, 0.6) is 0 Å². The van der Waals surface area contributed by atoms with Gasteiger partial charge in [0.25, 0.3) is 5.91 Å². The average Bonchev–Trinajstić information content (AvgIpc) is 3.28. The Bertz CT molecular complexity index is 1430. The lowest BCUT2D eigenvalue weighted by Crippen LogP contribution is -2.31. The lowest BCUT2D eigenvalue weighted by Gasteiger charge is -2.20. The zero-order chi connectivity index (χ0) is 27.1. The molecule has 2 aliphatic heterocycles. The van der Waals surface area contributed by atoms with Crippen molar-refractivity contribution in [1.29, 1.82) is 0 Å². The molecular formula is C25H21F6N5OS. The van der Waals surface area contributed by atoms with Crippen LogP contribution in [-0.2, 0) is 23.7 Å². The number of aromatic nitrogens is 2. The van der Waals surface area contributed by atoms with Crippen molar-refractivity contribution in [2.24, 2.45) is 4.99 Å². The Balaban J connectivity index is 1.37. The largest absolute Gasteiger partial charge is 0.416 e. The van der Waals surface area contributed by atoms with Crippen molar-refractivity contribution in [3.05, 3.63) is 69.8 Å². The Hall–Kier alpha value is -3.32. The summed E-state index contributed by atoms with van der Waals surface area (Å²) in [5, 5.41) is 8.72. The number of alkyl halides is 6. The Morgan fingerprint density at radius 1 is 1.00 bits per heavy atom. The summed E-state index contributed by atoms with van der Waals surface area (Å²) in [5.41, 5.74) is -1.87. The molecule has 38 heavy (non-hydrogen) atoms. The predicted molar refractivity (Wildman–Crippen MR) is 132 cm³/mol. The van der Waals surface area contributed by atoms with Crippen molar-refractivity contribution < 1.29 is 31.1 Å². The number of nitrogens with zero attached hydrogens (tertiary/aromatic N) is 4.